The van der Waals surface area contributed by atoms with Crippen LogP contribution in [0.3, 0.4) is 0 Å². The van der Waals surface area contributed by atoms with E-state index in [1.165, 1.54) is 86.8 Å². The summed E-state index contributed by atoms with van der Waals surface area (Å²) >= 11 is 0. The largest absolute Gasteiger partial charge is 0.303 e. The Bertz CT molecular complexity index is 1140. The molecule has 0 radical (unpaired) electrons. The molecule has 0 spiro atoms. The molecule has 0 amide bonds. The molecule has 0 bridgehead atoms. The molecule has 1 aromatic carbocycles. The number of benzene rings is 1. The van der Waals surface area contributed by atoms with E-state index in [1.807, 2.05) is 6.08 Å². The molecule has 4 atom stereocenters. The van der Waals surface area contributed by atoms with Crippen molar-refractivity contribution in [3.8, 4) is 0 Å². The van der Waals surface area contributed by atoms with Gasteiger partial charge in [0, 0.05) is 12.6 Å². The second-order valence-electron chi connectivity index (χ2n) is 11.7. The van der Waals surface area contributed by atoms with Crippen molar-refractivity contribution in [2.24, 2.45) is 11.8 Å². The number of hydrogen-bond acceptors (Lipinski definition) is 2. The van der Waals surface area contributed by atoms with Crippen LogP contribution in [0.4, 0.5) is 0 Å². The van der Waals surface area contributed by atoms with Crippen molar-refractivity contribution in [1.29, 1.82) is 0 Å². The zero-order valence-corrected chi connectivity index (χ0v) is 25.5. The Kier molecular flexibility index (Phi) is 11.4. The third-order valence-electron chi connectivity index (χ3n) is 8.48. The Hall–Kier alpha value is -2.25. The summed E-state index contributed by atoms with van der Waals surface area (Å²) in [6, 6.07) is 9.08. The third kappa shape index (κ3) is 8.37. The first-order chi connectivity index (χ1) is 19.0. The highest BCUT2D eigenvalue weighted by atomic mass is 31.0. The standard InChI is InChI=1S/C36H49N2P/c1-5-14-31(15-8-6-7-11-21-37-24-20-28(2)27-37)26-34(33-16-9-10-17-36(33)39)30(4)32-18-19-35(29(3)25-32)38-22-12-13-23-38/h5,8-10,14-19,25-26,28-29,35H,1,4,6-7,11-13,20-24,27,39H2,2-3H3/b15-8-,31-14+,34-26+. The maximum atomic E-state index is 4.64. The molecule has 2 fully saturated rings. The van der Waals surface area contributed by atoms with Crippen molar-refractivity contribution in [3.63, 3.8) is 0 Å². The van der Waals surface area contributed by atoms with E-state index >= 15 is 0 Å². The van der Waals surface area contributed by atoms with E-state index in [0.717, 1.165) is 23.5 Å². The summed E-state index contributed by atoms with van der Waals surface area (Å²) in [6.07, 6.45) is 25.6. The van der Waals surface area contributed by atoms with Gasteiger partial charge in [-0.15, -0.1) is 9.24 Å². The Morgan fingerprint density at radius 3 is 2.59 bits per heavy atom. The highest BCUT2D eigenvalue weighted by molar-refractivity contribution is 7.27. The minimum absolute atomic E-state index is 0.471. The van der Waals surface area contributed by atoms with Crippen molar-refractivity contribution in [1.82, 2.24) is 9.80 Å². The van der Waals surface area contributed by atoms with Crippen LogP contribution >= 0.6 is 9.24 Å². The van der Waals surface area contributed by atoms with Crippen LogP contribution in [0.1, 0.15) is 57.9 Å². The number of allylic oxidation sites excluding steroid dienone is 10. The third-order valence-corrected chi connectivity index (χ3v) is 8.98. The predicted molar refractivity (Wildman–Crippen MR) is 175 cm³/mol. The summed E-state index contributed by atoms with van der Waals surface area (Å²) in [4.78, 5) is 5.26. The first-order valence-electron chi connectivity index (χ1n) is 15.1. The van der Waals surface area contributed by atoms with Gasteiger partial charge in [0.1, 0.15) is 0 Å². The van der Waals surface area contributed by atoms with Gasteiger partial charge in [0.05, 0.1) is 0 Å². The van der Waals surface area contributed by atoms with E-state index in [9.17, 15) is 0 Å². The summed E-state index contributed by atoms with van der Waals surface area (Å²) < 4.78 is 0. The van der Waals surface area contributed by atoms with Gasteiger partial charge < -0.3 is 4.90 Å². The van der Waals surface area contributed by atoms with Crippen LogP contribution in [0.25, 0.3) is 5.57 Å². The van der Waals surface area contributed by atoms with Crippen LogP contribution in [-0.4, -0.2) is 48.6 Å². The molecule has 0 saturated carbocycles. The molecular formula is C36H49N2P. The SMILES string of the molecule is C=C/C=C(\C=C/CCCCN1CCC(C)C1)/C=C(\C(=C)C1=CC(C)C(N2CCCC2)C=C1)c1ccccc1P. The molecular weight excluding hydrogens is 491 g/mol. The van der Waals surface area contributed by atoms with E-state index in [0.29, 0.717) is 12.0 Å². The molecule has 1 aliphatic carbocycles. The topological polar surface area (TPSA) is 6.48 Å². The summed E-state index contributed by atoms with van der Waals surface area (Å²) in [5.74, 6) is 1.34. The molecule has 208 valence electrons. The van der Waals surface area contributed by atoms with Crippen molar-refractivity contribution < 1.29 is 0 Å². The Labute approximate surface area is 240 Å². The maximum Gasteiger partial charge on any atom is 0.0341 e. The fraction of sp³-hybridized carbons (Fsp3) is 0.444. The molecule has 0 N–H and O–H groups in total. The van der Waals surface area contributed by atoms with Crippen LogP contribution in [0.5, 0.6) is 0 Å². The highest BCUT2D eigenvalue weighted by Gasteiger charge is 2.27. The lowest BCUT2D eigenvalue weighted by molar-refractivity contribution is 0.244. The van der Waals surface area contributed by atoms with Gasteiger partial charge in [0.2, 0.25) is 0 Å². The molecule has 2 aliphatic heterocycles. The van der Waals surface area contributed by atoms with Crippen molar-refractivity contribution in [3.05, 3.63) is 108 Å². The molecule has 2 saturated heterocycles. The molecule has 1 aromatic rings. The summed E-state index contributed by atoms with van der Waals surface area (Å²) in [5.41, 5.74) is 5.85. The molecule has 3 heteroatoms. The number of likely N-dealkylation sites (tertiary alicyclic amines) is 2. The summed E-state index contributed by atoms with van der Waals surface area (Å²) in [6.45, 7) is 19.6. The monoisotopic (exact) mass is 540 g/mol. The first-order valence-corrected chi connectivity index (χ1v) is 15.7. The Balaban J connectivity index is 1.48. The molecule has 0 aromatic heterocycles. The summed E-state index contributed by atoms with van der Waals surface area (Å²) in [5, 5.41) is 1.19. The first kappa shape index (κ1) is 29.7. The normalized spacial score (nSPS) is 25.0. The molecule has 3 aliphatic rings. The van der Waals surface area contributed by atoms with Gasteiger partial charge in [-0.05, 0) is 116 Å². The lowest BCUT2D eigenvalue weighted by Crippen LogP contribution is -2.36. The fourth-order valence-corrected chi connectivity index (χ4v) is 6.60. The second-order valence-corrected chi connectivity index (χ2v) is 12.3. The van der Waals surface area contributed by atoms with E-state index in [4.69, 9.17) is 0 Å². The molecule has 4 rings (SSSR count). The van der Waals surface area contributed by atoms with E-state index in [-0.39, 0.29) is 0 Å². The molecule has 2 heterocycles. The van der Waals surface area contributed by atoms with Crippen molar-refractivity contribution >= 4 is 20.1 Å². The van der Waals surface area contributed by atoms with Gasteiger partial charge in [-0.3, -0.25) is 4.90 Å². The number of unbranched alkanes of at least 4 members (excludes halogenated alkanes) is 2. The van der Waals surface area contributed by atoms with Gasteiger partial charge in [-0.2, -0.15) is 0 Å². The number of hydrogen-bond donors (Lipinski definition) is 0. The van der Waals surface area contributed by atoms with Gasteiger partial charge in [-0.25, -0.2) is 0 Å². The molecule has 39 heavy (non-hydrogen) atoms. The smallest absolute Gasteiger partial charge is 0.0341 e. The zero-order chi connectivity index (χ0) is 27.6. The number of rotatable bonds is 12. The van der Waals surface area contributed by atoms with Gasteiger partial charge in [-0.1, -0.05) is 93.8 Å². The average molecular weight is 541 g/mol. The van der Waals surface area contributed by atoms with Crippen LogP contribution < -0.4 is 5.30 Å². The van der Waals surface area contributed by atoms with E-state index < -0.39 is 0 Å². The van der Waals surface area contributed by atoms with Crippen LogP contribution in [-0.2, 0) is 0 Å². The Morgan fingerprint density at radius 1 is 1.10 bits per heavy atom. The Morgan fingerprint density at radius 2 is 1.90 bits per heavy atom. The lowest BCUT2D eigenvalue weighted by atomic mass is 9.85. The summed E-state index contributed by atoms with van der Waals surface area (Å²) in [7, 11) is 2.91. The van der Waals surface area contributed by atoms with Crippen LogP contribution in [0.15, 0.2) is 103 Å². The second kappa shape index (κ2) is 14.9. The quantitative estimate of drug-likeness (QED) is 0.151. The van der Waals surface area contributed by atoms with Gasteiger partial charge in [0.15, 0.2) is 0 Å². The maximum absolute atomic E-state index is 4.64. The number of nitrogens with zero attached hydrogens (tertiary/aromatic N) is 2. The van der Waals surface area contributed by atoms with Crippen molar-refractivity contribution in [2.75, 3.05) is 32.7 Å². The average Bonchev–Trinajstić information content (AvgIpc) is 3.61. The van der Waals surface area contributed by atoms with Gasteiger partial charge in [0.25, 0.3) is 0 Å². The lowest BCUT2D eigenvalue weighted by Gasteiger charge is -2.32. The fourth-order valence-electron chi connectivity index (χ4n) is 6.24. The zero-order valence-electron chi connectivity index (χ0n) is 24.3. The van der Waals surface area contributed by atoms with Crippen LogP contribution in [0.2, 0.25) is 0 Å². The minimum atomic E-state index is 0.471. The highest BCUT2D eigenvalue weighted by Crippen LogP contribution is 2.34. The molecule has 4 unspecified atom stereocenters. The van der Waals surface area contributed by atoms with E-state index in [1.54, 1.807) is 0 Å². The molecule has 2 nitrogen and oxygen atoms in total. The van der Waals surface area contributed by atoms with E-state index in [2.05, 4.69) is 113 Å². The van der Waals surface area contributed by atoms with Gasteiger partial charge >= 0.3 is 0 Å². The predicted octanol–water partition coefficient (Wildman–Crippen LogP) is 7.90. The van der Waals surface area contributed by atoms with Crippen molar-refractivity contribution in [2.45, 2.75) is 58.4 Å². The van der Waals surface area contributed by atoms with Crippen LogP contribution in [0, 0.1) is 11.8 Å². The minimum Gasteiger partial charge on any atom is -0.303 e.